The Balaban J connectivity index is 1.61. The van der Waals surface area contributed by atoms with Crippen molar-refractivity contribution in [3.63, 3.8) is 0 Å². The zero-order valence-electron chi connectivity index (χ0n) is 14.2. The van der Waals surface area contributed by atoms with Crippen LogP contribution in [0.1, 0.15) is 37.7 Å². The molecule has 1 aromatic heterocycles. The van der Waals surface area contributed by atoms with Gasteiger partial charge in [0.15, 0.2) is 0 Å². The van der Waals surface area contributed by atoms with E-state index in [2.05, 4.69) is 15.5 Å². The first-order chi connectivity index (χ1) is 11.6. The molecular weight excluding hydrogens is 322 g/mol. The SMILES string of the molecule is Cc1ccc(-n2nnnc2SCC(=O)N(C)C2CCCCC2)cc1. The summed E-state index contributed by atoms with van der Waals surface area (Å²) in [6.07, 6.45) is 5.98. The van der Waals surface area contributed by atoms with Gasteiger partial charge in [0.2, 0.25) is 11.1 Å². The van der Waals surface area contributed by atoms with Crippen molar-refractivity contribution in [2.24, 2.45) is 0 Å². The molecule has 7 heteroatoms. The molecule has 2 aromatic rings. The number of benzene rings is 1. The van der Waals surface area contributed by atoms with Crippen LogP contribution in [-0.2, 0) is 4.79 Å². The van der Waals surface area contributed by atoms with Crippen molar-refractivity contribution in [1.29, 1.82) is 0 Å². The molecule has 6 nitrogen and oxygen atoms in total. The van der Waals surface area contributed by atoms with Crippen LogP contribution in [0.25, 0.3) is 5.69 Å². The molecule has 0 saturated heterocycles. The Bertz CT molecular complexity index is 679. The van der Waals surface area contributed by atoms with Gasteiger partial charge in [-0.05, 0) is 42.3 Å². The minimum atomic E-state index is 0.144. The second-order valence-corrected chi connectivity index (χ2v) is 7.24. The van der Waals surface area contributed by atoms with E-state index in [-0.39, 0.29) is 5.91 Å². The number of nitrogens with zero attached hydrogens (tertiary/aromatic N) is 5. The van der Waals surface area contributed by atoms with Gasteiger partial charge in [0.05, 0.1) is 11.4 Å². The fourth-order valence-electron chi connectivity index (χ4n) is 3.02. The number of thioether (sulfide) groups is 1. The Morgan fingerprint density at radius 2 is 1.96 bits per heavy atom. The third-order valence-corrected chi connectivity index (χ3v) is 5.46. The molecule has 1 fully saturated rings. The third kappa shape index (κ3) is 3.95. The zero-order valence-corrected chi connectivity index (χ0v) is 15.0. The highest BCUT2D eigenvalue weighted by Gasteiger charge is 2.22. The average Bonchev–Trinajstić information content (AvgIpc) is 3.09. The van der Waals surface area contributed by atoms with E-state index >= 15 is 0 Å². The molecule has 1 saturated carbocycles. The Morgan fingerprint density at radius 3 is 2.67 bits per heavy atom. The van der Waals surface area contributed by atoms with Crippen LogP contribution in [0, 0.1) is 6.92 Å². The minimum absolute atomic E-state index is 0.144. The largest absolute Gasteiger partial charge is 0.342 e. The lowest BCUT2D eigenvalue weighted by atomic mass is 9.94. The van der Waals surface area contributed by atoms with Crippen LogP contribution in [0.5, 0.6) is 0 Å². The summed E-state index contributed by atoms with van der Waals surface area (Å²) in [6.45, 7) is 2.04. The molecule has 0 N–H and O–H groups in total. The molecule has 0 atom stereocenters. The lowest BCUT2D eigenvalue weighted by molar-refractivity contribution is -0.129. The van der Waals surface area contributed by atoms with E-state index in [1.807, 2.05) is 43.1 Å². The summed E-state index contributed by atoms with van der Waals surface area (Å²) in [5, 5.41) is 12.5. The topological polar surface area (TPSA) is 63.9 Å². The van der Waals surface area contributed by atoms with Gasteiger partial charge in [-0.2, -0.15) is 4.68 Å². The molecule has 0 bridgehead atoms. The molecule has 1 aliphatic rings. The number of aryl methyl sites for hydroxylation is 1. The van der Waals surface area contributed by atoms with Gasteiger partial charge in [0.1, 0.15) is 0 Å². The van der Waals surface area contributed by atoms with Crippen LogP contribution in [0.4, 0.5) is 0 Å². The average molecular weight is 345 g/mol. The van der Waals surface area contributed by atoms with Crippen LogP contribution in [0.2, 0.25) is 0 Å². The van der Waals surface area contributed by atoms with Crippen LogP contribution in [0.15, 0.2) is 29.4 Å². The molecular formula is C17H23N5OS. The van der Waals surface area contributed by atoms with E-state index < -0.39 is 0 Å². The van der Waals surface area contributed by atoms with Crippen LogP contribution in [0.3, 0.4) is 0 Å². The molecule has 0 radical (unpaired) electrons. The maximum Gasteiger partial charge on any atom is 0.233 e. The number of carbonyl (C=O) groups is 1. The molecule has 1 aliphatic carbocycles. The summed E-state index contributed by atoms with van der Waals surface area (Å²) in [7, 11) is 1.92. The van der Waals surface area contributed by atoms with Crippen molar-refractivity contribution in [2.75, 3.05) is 12.8 Å². The van der Waals surface area contributed by atoms with Gasteiger partial charge in [0, 0.05) is 13.1 Å². The third-order valence-electron chi connectivity index (χ3n) is 4.56. The van der Waals surface area contributed by atoms with Crippen molar-refractivity contribution in [1.82, 2.24) is 25.1 Å². The van der Waals surface area contributed by atoms with Gasteiger partial charge in [0.25, 0.3) is 0 Å². The number of hydrogen-bond acceptors (Lipinski definition) is 5. The van der Waals surface area contributed by atoms with Crippen molar-refractivity contribution < 1.29 is 4.79 Å². The number of hydrogen-bond donors (Lipinski definition) is 0. The predicted octanol–water partition coefficient (Wildman–Crippen LogP) is 2.85. The van der Waals surface area contributed by atoms with Crippen molar-refractivity contribution >= 4 is 17.7 Å². The van der Waals surface area contributed by atoms with Gasteiger partial charge in [-0.15, -0.1) is 5.10 Å². The van der Waals surface area contributed by atoms with Gasteiger partial charge in [-0.3, -0.25) is 4.79 Å². The van der Waals surface area contributed by atoms with E-state index in [9.17, 15) is 4.79 Å². The highest BCUT2D eigenvalue weighted by Crippen LogP contribution is 2.23. The smallest absolute Gasteiger partial charge is 0.233 e. The number of aromatic nitrogens is 4. The second kappa shape index (κ2) is 7.79. The summed E-state index contributed by atoms with van der Waals surface area (Å²) < 4.78 is 1.68. The van der Waals surface area contributed by atoms with Crippen LogP contribution < -0.4 is 0 Å². The Hall–Kier alpha value is -1.89. The molecule has 1 heterocycles. The number of carbonyl (C=O) groups excluding carboxylic acids is 1. The Labute approximate surface area is 146 Å². The van der Waals surface area contributed by atoms with Crippen molar-refractivity contribution in [3.8, 4) is 5.69 Å². The van der Waals surface area contributed by atoms with Gasteiger partial charge < -0.3 is 4.90 Å². The zero-order chi connectivity index (χ0) is 16.9. The van der Waals surface area contributed by atoms with E-state index in [0.717, 1.165) is 18.5 Å². The maximum absolute atomic E-state index is 12.5. The minimum Gasteiger partial charge on any atom is -0.342 e. The van der Waals surface area contributed by atoms with E-state index in [0.29, 0.717) is 17.0 Å². The predicted molar refractivity (Wildman–Crippen MR) is 94.3 cm³/mol. The van der Waals surface area contributed by atoms with E-state index in [1.165, 1.54) is 36.6 Å². The molecule has 1 amide bonds. The first-order valence-corrected chi connectivity index (χ1v) is 9.37. The maximum atomic E-state index is 12.5. The monoisotopic (exact) mass is 345 g/mol. The summed E-state index contributed by atoms with van der Waals surface area (Å²) >= 11 is 1.39. The number of amides is 1. The van der Waals surface area contributed by atoms with Gasteiger partial charge in [-0.1, -0.05) is 48.7 Å². The number of rotatable bonds is 5. The fraction of sp³-hybridized carbons (Fsp3) is 0.529. The highest BCUT2D eigenvalue weighted by molar-refractivity contribution is 7.99. The lowest BCUT2D eigenvalue weighted by Gasteiger charge is -2.31. The first-order valence-electron chi connectivity index (χ1n) is 8.39. The first kappa shape index (κ1) is 17.0. The standard InChI is InChI=1S/C17H23N5OS/c1-13-8-10-15(11-9-13)22-17(18-19-20-22)24-12-16(23)21(2)14-6-4-3-5-7-14/h8-11,14H,3-7,12H2,1-2H3. The Kier molecular flexibility index (Phi) is 5.50. The quantitative estimate of drug-likeness (QED) is 0.780. The molecule has 0 unspecified atom stereocenters. The summed E-state index contributed by atoms with van der Waals surface area (Å²) in [6, 6.07) is 8.39. The molecule has 1 aromatic carbocycles. The van der Waals surface area contributed by atoms with Gasteiger partial charge >= 0.3 is 0 Å². The van der Waals surface area contributed by atoms with Crippen LogP contribution in [-0.4, -0.2) is 49.9 Å². The van der Waals surface area contributed by atoms with Crippen molar-refractivity contribution in [2.45, 2.75) is 50.2 Å². The molecule has 0 spiro atoms. The van der Waals surface area contributed by atoms with E-state index in [4.69, 9.17) is 0 Å². The summed E-state index contributed by atoms with van der Waals surface area (Å²) in [4.78, 5) is 14.4. The normalized spacial score (nSPS) is 15.4. The molecule has 128 valence electrons. The molecule has 0 aliphatic heterocycles. The summed E-state index contributed by atoms with van der Waals surface area (Å²) in [5.74, 6) is 0.504. The lowest BCUT2D eigenvalue weighted by Crippen LogP contribution is -2.39. The molecule has 3 rings (SSSR count). The fourth-order valence-corrected chi connectivity index (χ4v) is 3.83. The Morgan fingerprint density at radius 1 is 1.25 bits per heavy atom. The molecule has 24 heavy (non-hydrogen) atoms. The van der Waals surface area contributed by atoms with Gasteiger partial charge in [-0.25, -0.2) is 0 Å². The van der Waals surface area contributed by atoms with Crippen LogP contribution >= 0.6 is 11.8 Å². The highest BCUT2D eigenvalue weighted by atomic mass is 32.2. The summed E-state index contributed by atoms with van der Waals surface area (Å²) in [5.41, 5.74) is 2.09. The second-order valence-electron chi connectivity index (χ2n) is 6.29. The van der Waals surface area contributed by atoms with E-state index in [1.54, 1.807) is 4.68 Å². The number of tetrazole rings is 1. The van der Waals surface area contributed by atoms with Crippen molar-refractivity contribution in [3.05, 3.63) is 29.8 Å².